The summed E-state index contributed by atoms with van der Waals surface area (Å²) in [5, 5.41) is 57.0. The molecule has 1 rings (SSSR count). The number of phenolic OH excluding ortho intramolecular Hbond substituents is 1. The van der Waals surface area contributed by atoms with E-state index in [1.54, 1.807) is 41.5 Å². The lowest BCUT2D eigenvalue weighted by Gasteiger charge is -2.30. The fourth-order valence-electron chi connectivity index (χ4n) is 5.52. The fourth-order valence-corrected chi connectivity index (χ4v) is 5.52. The van der Waals surface area contributed by atoms with Crippen molar-refractivity contribution in [3.05, 3.63) is 29.8 Å². The van der Waals surface area contributed by atoms with Crippen molar-refractivity contribution >= 4 is 47.3 Å². The number of carboxylic acids is 1. The third-order valence-electron chi connectivity index (χ3n) is 9.46. The lowest BCUT2D eigenvalue weighted by Crippen LogP contribution is -2.62. The largest absolute Gasteiger partial charge is 0.508 e. The first kappa shape index (κ1) is 51.7. The first-order valence-corrected chi connectivity index (χ1v) is 19.6. The Bertz CT molecular complexity index is 1600. The third kappa shape index (κ3) is 17.6. The standard InChI is InChI=1S/C39H64N8O12/c1-10-20(6)30(36(55)47-32(23(9)49)38(57)44-27(39(58)59)15-18(2)3)46-34(53)26(16-24-11-13-25(50)14-12-24)43-33(52)21(7)42-37(56)31(22(8)48)45-28(51)17-41-35(54)29(40)19(4)5/h11-14,18-23,26-27,29-32,48-50H,10,15-17,40H2,1-9H3,(H,41,54)(H,42,56)(H,43,52)(H,44,57)(H,45,51)(H,46,53)(H,47,55)(H,58,59)/t20-,21-,22+,23+,26-,27-,29-,30-,31-,32-/m0/s1. The van der Waals surface area contributed by atoms with Crippen LogP contribution in [0.2, 0.25) is 0 Å². The van der Waals surface area contributed by atoms with E-state index < -0.39 is 114 Å². The predicted octanol–water partition coefficient (Wildman–Crippen LogP) is -2.10. The molecule has 0 aliphatic rings. The van der Waals surface area contributed by atoms with Gasteiger partial charge >= 0.3 is 5.97 Å². The number of nitrogens with one attached hydrogen (secondary N) is 7. The summed E-state index contributed by atoms with van der Waals surface area (Å²) in [7, 11) is 0. The molecular formula is C39H64N8O12. The van der Waals surface area contributed by atoms with E-state index in [-0.39, 0.29) is 30.4 Å². The van der Waals surface area contributed by atoms with Gasteiger partial charge in [0.2, 0.25) is 41.4 Å². The highest BCUT2D eigenvalue weighted by molar-refractivity contribution is 5.97. The average Bonchev–Trinajstić information content (AvgIpc) is 3.15. The Morgan fingerprint density at radius 3 is 1.61 bits per heavy atom. The minimum Gasteiger partial charge on any atom is -0.508 e. The molecule has 1 aromatic rings. The molecule has 0 aliphatic carbocycles. The molecule has 13 N–H and O–H groups in total. The zero-order chi connectivity index (χ0) is 45.3. The molecule has 0 fully saturated rings. The van der Waals surface area contributed by atoms with Gasteiger partial charge in [-0.2, -0.15) is 0 Å². The van der Waals surface area contributed by atoms with Crippen molar-refractivity contribution in [3.8, 4) is 5.75 Å². The molecule has 0 aromatic heterocycles. The van der Waals surface area contributed by atoms with Crippen molar-refractivity contribution in [2.45, 2.75) is 136 Å². The van der Waals surface area contributed by atoms with Gasteiger partial charge in [0.1, 0.15) is 42.0 Å². The van der Waals surface area contributed by atoms with E-state index >= 15 is 0 Å². The smallest absolute Gasteiger partial charge is 0.326 e. The molecule has 0 saturated carbocycles. The normalized spacial score (nSPS) is 16.4. The van der Waals surface area contributed by atoms with Gasteiger partial charge in [0.25, 0.3) is 0 Å². The van der Waals surface area contributed by atoms with Crippen molar-refractivity contribution in [3.63, 3.8) is 0 Å². The lowest BCUT2D eigenvalue weighted by molar-refractivity contribution is -0.143. The van der Waals surface area contributed by atoms with Gasteiger partial charge in [0.05, 0.1) is 24.8 Å². The number of aliphatic hydroxyl groups is 2. The van der Waals surface area contributed by atoms with Crippen LogP contribution in [0.3, 0.4) is 0 Å². The first-order chi connectivity index (χ1) is 27.4. The molecule has 0 heterocycles. The zero-order valence-electron chi connectivity index (χ0n) is 35.2. The van der Waals surface area contributed by atoms with Crippen molar-refractivity contribution in [2.24, 2.45) is 23.5 Å². The van der Waals surface area contributed by atoms with Crippen LogP contribution in [0, 0.1) is 17.8 Å². The molecule has 10 atom stereocenters. The van der Waals surface area contributed by atoms with Gasteiger partial charge in [-0.1, -0.05) is 60.1 Å². The molecule has 20 nitrogen and oxygen atoms in total. The quantitative estimate of drug-likeness (QED) is 0.0532. The summed E-state index contributed by atoms with van der Waals surface area (Å²) in [6.07, 6.45) is -2.67. The number of hydrogen-bond acceptors (Lipinski definition) is 12. The van der Waals surface area contributed by atoms with Crippen LogP contribution >= 0.6 is 0 Å². The summed E-state index contributed by atoms with van der Waals surface area (Å²) in [6, 6.07) is -3.72. The van der Waals surface area contributed by atoms with Gasteiger partial charge in [0, 0.05) is 6.42 Å². The van der Waals surface area contributed by atoms with E-state index in [1.807, 2.05) is 0 Å². The van der Waals surface area contributed by atoms with Crippen LogP contribution < -0.4 is 43.0 Å². The average molecular weight is 837 g/mol. The SMILES string of the molecule is CC[C@H](C)[C@H](NC(=O)[C@H](Cc1ccc(O)cc1)NC(=O)[C@H](C)NC(=O)[C@@H](NC(=O)CNC(=O)[C@@H](N)C(C)C)[C@@H](C)O)C(=O)N[C@H](C(=O)N[C@@H](CC(C)C)C(=O)O)[C@@H](C)O. The molecular weight excluding hydrogens is 772 g/mol. The zero-order valence-corrected chi connectivity index (χ0v) is 35.2. The van der Waals surface area contributed by atoms with Gasteiger partial charge in [-0.25, -0.2) is 4.79 Å². The molecule has 1 aromatic carbocycles. The molecule has 59 heavy (non-hydrogen) atoms. The second kappa shape index (κ2) is 24.6. The van der Waals surface area contributed by atoms with E-state index in [0.29, 0.717) is 12.0 Å². The van der Waals surface area contributed by atoms with Crippen molar-refractivity contribution in [2.75, 3.05) is 6.54 Å². The minimum absolute atomic E-state index is 0.0690. The summed E-state index contributed by atoms with van der Waals surface area (Å²) in [6.45, 7) is 13.5. The Kier molecular flexibility index (Phi) is 21.5. The lowest BCUT2D eigenvalue weighted by atomic mass is 9.96. The molecule has 0 bridgehead atoms. The van der Waals surface area contributed by atoms with Gasteiger partial charge in [-0.3, -0.25) is 33.6 Å². The molecule has 0 spiro atoms. The van der Waals surface area contributed by atoms with Crippen LogP contribution in [-0.4, -0.2) is 129 Å². The van der Waals surface area contributed by atoms with Crippen LogP contribution in [0.25, 0.3) is 0 Å². The number of hydrogen-bond donors (Lipinski definition) is 12. The van der Waals surface area contributed by atoms with Crippen LogP contribution in [0.1, 0.15) is 80.7 Å². The first-order valence-electron chi connectivity index (χ1n) is 19.6. The van der Waals surface area contributed by atoms with Gasteiger partial charge in [-0.15, -0.1) is 0 Å². The number of rotatable bonds is 24. The summed E-state index contributed by atoms with van der Waals surface area (Å²) in [4.78, 5) is 104. The Morgan fingerprint density at radius 2 is 1.12 bits per heavy atom. The molecule has 7 amide bonds. The number of carboxylic acid groups (broad SMARTS) is 1. The minimum atomic E-state index is -1.60. The van der Waals surface area contributed by atoms with E-state index in [2.05, 4.69) is 37.2 Å². The number of nitrogens with two attached hydrogens (primary N) is 1. The molecule has 332 valence electrons. The van der Waals surface area contributed by atoms with Crippen LogP contribution in [0.5, 0.6) is 5.75 Å². The Hall–Kier alpha value is -5.34. The van der Waals surface area contributed by atoms with Crippen LogP contribution in [0.15, 0.2) is 24.3 Å². The van der Waals surface area contributed by atoms with E-state index in [9.17, 15) is 58.8 Å². The fraction of sp³-hybridized carbons (Fsp3) is 0.641. The van der Waals surface area contributed by atoms with Gasteiger partial charge in [-0.05, 0) is 62.6 Å². The second-order valence-corrected chi connectivity index (χ2v) is 15.6. The second-order valence-electron chi connectivity index (χ2n) is 15.6. The topological polar surface area (TPSA) is 328 Å². The number of aliphatic carboxylic acids is 1. The number of amides is 7. The number of carbonyl (C=O) groups is 8. The number of phenols is 1. The third-order valence-corrected chi connectivity index (χ3v) is 9.46. The maximum absolute atomic E-state index is 14.0. The summed E-state index contributed by atoms with van der Waals surface area (Å²) in [5.74, 6) is -8.23. The summed E-state index contributed by atoms with van der Waals surface area (Å²) >= 11 is 0. The van der Waals surface area contributed by atoms with Crippen LogP contribution in [0.4, 0.5) is 0 Å². The number of carbonyl (C=O) groups excluding carboxylic acids is 7. The Morgan fingerprint density at radius 1 is 0.627 bits per heavy atom. The Labute approximate surface area is 344 Å². The summed E-state index contributed by atoms with van der Waals surface area (Å²) < 4.78 is 0. The molecule has 20 heteroatoms. The Balaban J connectivity index is 3.27. The highest BCUT2D eigenvalue weighted by Crippen LogP contribution is 2.14. The summed E-state index contributed by atoms with van der Waals surface area (Å²) in [5.41, 5.74) is 6.25. The number of aliphatic hydroxyl groups excluding tert-OH is 2. The maximum Gasteiger partial charge on any atom is 0.326 e. The molecule has 0 radical (unpaired) electrons. The molecule has 0 saturated heterocycles. The molecule has 0 unspecified atom stereocenters. The van der Waals surface area contributed by atoms with E-state index in [0.717, 1.165) is 0 Å². The highest BCUT2D eigenvalue weighted by Gasteiger charge is 2.36. The van der Waals surface area contributed by atoms with Gasteiger partial charge < -0.3 is 63.4 Å². The maximum atomic E-state index is 14.0. The van der Waals surface area contributed by atoms with Crippen LogP contribution in [-0.2, 0) is 44.8 Å². The van der Waals surface area contributed by atoms with Crippen molar-refractivity contribution < 1.29 is 58.8 Å². The van der Waals surface area contributed by atoms with Crippen molar-refractivity contribution in [1.82, 2.24) is 37.2 Å². The number of benzene rings is 1. The van der Waals surface area contributed by atoms with E-state index in [4.69, 9.17) is 5.73 Å². The molecule has 0 aliphatic heterocycles. The van der Waals surface area contributed by atoms with E-state index in [1.165, 1.54) is 45.0 Å². The van der Waals surface area contributed by atoms with Crippen molar-refractivity contribution in [1.29, 1.82) is 0 Å². The highest BCUT2D eigenvalue weighted by atomic mass is 16.4. The monoisotopic (exact) mass is 836 g/mol. The van der Waals surface area contributed by atoms with Gasteiger partial charge in [0.15, 0.2) is 0 Å². The number of aromatic hydroxyl groups is 1. The predicted molar refractivity (Wildman–Crippen MR) is 215 cm³/mol.